The predicted molar refractivity (Wildman–Crippen MR) is 128 cm³/mol. The highest BCUT2D eigenvalue weighted by atomic mass is 32.2. The number of hydrogen-bond donors (Lipinski definition) is 2. The number of piperidine rings is 1. The van der Waals surface area contributed by atoms with Gasteiger partial charge in [-0.25, -0.2) is 13.9 Å². The molecule has 0 saturated carbocycles. The smallest absolute Gasteiger partial charge is 0.262 e. The first kappa shape index (κ1) is 26.6. The molecule has 2 heterocycles. The zero-order valence-electron chi connectivity index (χ0n) is 20.1. The van der Waals surface area contributed by atoms with Gasteiger partial charge in [-0.1, -0.05) is 13.8 Å². The van der Waals surface area contributed by atoms with Gasteiger partial charge in [0.2, 0.25) is 15.9 Å². The lowest BCUT2D eigenvalue weighted by Gasteiger charge is -2.39. The number of sulfonamides is 1. The Morgan fingerprint density at radius 1 is 1.14 bits per heavy atom. The first-order chi connectivity index (χ1) is 16.7. The number of nitrogens with one attached hydrogen (secondary N) is 1. The Morgan fingerprint density at radius 3 is 2.26 bits per heavy atom. The topological polar surface area (TPSA) is 129 Å². The highest BCUT2D eigenvalue weighted by molar-refractivity contribution is 7.89. The second-order valence-electron chi connectivity index (χ2n) is 8.82. The summed E-state index contributed by atoms with van der Waals surface area (Å²) in [5.74, 6) is -0.859. The molecule has 1 aromatic heterocycles. The molecule has 0 spiro atoms. The molecular weight excluding hydrogens is 472 g/mol. The fourth-order valence-corrected chi connectivity index (χ4v) is 5.97. The zero-order chi connectivity index (χ0) is 25.6. The Balaban J connectivity index is 1.99. The number of hydroxylamine groups is 1. The largest absolute Gasteiger partial charge is 0.497 e. The number of rotatable bonds is 9. The van der Waals surface area contributed by atoms with Crippen molar-refractivity contribution in [2.24, 2.45) is 11.8 Å². The van der Waals surface area contributed by atoms with E-state index in [2.05, 4.69) is 4.98 Å². The van der Waals surface area contributed by atoms with E-state index in [4.69, 9.17) is 4.74 Å². The van der Waals surface area contributed by atoms with Crippen LogP contribution in [0.25, 0.3) is 0 Å². The Labute approximate surface area is 205 Å². The van der Waals surface area contributed by atoms with Crippen molar-refractivity contribution in [1.82, 2.24) is 19.7 Å². The predicted octanol–water partition coefficient (Wildman–Crippen LogP) is 2.05. The van der Waals surface area contributed by atoms with Gasteiger partial charge in [0.1, 0.15) is 11.8 Å². The molecular formula is C24H32N4O6S. The Kier molecular flexibility index (Phi) is 8.82. The monoisotopic (exact) mass is 504 g/mol. The normalized spacial score (nSPS) is 15.8. The van der Waals surface area contributed by atoms with Crippen LogP contribution in [0.2, 0.25) is 0 Å². The molecule has 11 heteroatoms. The third-order valence-electron chi connectivity index (χ3n) is 6.23. The van der Waals surface area contributed by atoms with Crippen LogP contribution in [0.5, 0.6) is 5.75 Å². The van der Waals surface area contributed by atoms with Gasteiger partial charge in [0, 0.05) is 37.9 Å². The summed E-state index contributed by atoms with van der Waals surface area (Å²) in [4.78, 5) is 31.1. The van der Waals surface area contributed by atoms with Crippen molar-refractivity contribution in [2.75, 3.05) is 20.2 Å². The van der Waals surface area contributed by atoms with E-state index in [0.29, 0.717) is 37.2 Å². The van der Waals surface area contributed by atoms with Crippen LogP contribution in [0.3, 0.4) is 0 Å². The number of aromatic nitrogens is 1. The van der Waals surface area contributed by atoms with E-state index in [-0.39, 0.29) is 23.3 Å². The fraction of sp³-hybridized carbons (Fsp3) is 0.458. The average molecular weight is 505 g/mol. The van der Waals surface area contributed by atoms with Crippen molar-refractivity contribution in [3.05, 3.63) is 54.4 Å². The number of carbonyl (C=O) groups excluding carboxylic acids is 2. The SMILES string of the molecule is COc1ccc(S(=O)(=O)N(Cc2ccncc2)[C@@H](C(=O)NO)C2CCN(C(=O)C(C)C)CC2)cc1. The van der Waals surface area contributed by atoms with E-state index in [0.717, 1.165) is 4.31 Å². The molecule has 1 atom stereocenters. The highest BCUT2D eigenvalue weighted by Gasteiger charge is 2.42. The van der Waals surface area contributed by atoms with Gasteiger partial charge in [-0.3, -0.25) is 19.8 Å². The van der Waals surface area contributed by atoms with Gasteiger partial charge in [-0.2, -0.15) is 4.31 Å². The number of nitrogens with zero attached hydrogens (tertiary/aromatic N) is 3. The number of hydrogen-bond acceptors (Lipinski definition) is 7. The lowest BCUT2D eigenvalue weighted by Crippen LogP contribution is -2.55. The van der Waals surface area contributed by atoms with E-state index < -0.39 is 27.9 Å². The van der Waals surface area contributed by atoms with Crippen LogP contribution >= 0.6 is 0 Å². The van der Waals surface area contributed by atoms with Gasteiger partial charge < -0.3 is 9.64 Å². The Hall–Kier alpha value is -3.02. The Bertz CT molecular complexity index is 1100. The van der Waals surface area contributed by atoms with Crippen LogP contribution in [0.15, 0.2) is 53.7 Å². The molecule has 0 unspecified atom stereocenters. The first-order valence-corrected chi connectivity index (χ1v) is 12.9. The van der Waals surface area contributed by atoms with E-state index in [9.17, 15) is 23.2 Å². The second-order valence-corrected chi connectivity index (χ2v) is 10.7. The van der Waals surface area contributed by atoms with Crippen molar-refractivity contribution < 1.29 is 28.0 Å². The van der Waals surface area contributed by atoms with Crippen LogP contribution in [0.1, 0.15) is 32.3 Å². The molecule has 2 aromatic rings. The van der Waals surface area contributed by atoms with Crippen molar-refractivity contribution in [1.29, 1.82) is 0 Å². The molecule has 10 nitrogen and oxygen atoms in total. The third kappa shape index (κ3) is 6.16. The molecule has 1 aromatic carbocycles. The van der Waals surface area contributed by atoms with Gasteiger partial charge in [0.25, 0.3) is 5.91 Å². The number of carbonyl (C=O) groups is 2. The summed E-state index contributed by atoms with van der Waals surface area (Å²) >= 11 is 0. The molecule has 35 heavy (non-hydrogen) atoms. The van der Waals surface area contributed by atoms with E-state index in [1.165, 1.54) is 31.4 Å². The van der Waals surface area contributed by atoms with Crippen molar-refractivity contribution in [2.45, 2.75) is 44.2 Å². The number of ether oxygens (including phenoxy) is 1. The van der Waals surface area contributed by atoms with Gasteiger partial charge in [0.15, 0.2) is 0 Å². The lowest BCUT2D eigenvalue weighted by atomic mass is 9.88. The zero-order valence-corrected chi connectivity index (χ0v) is 20.9. The van der Waals surface area contributed by atoms with Crippen molar-refractivity contribution in [3.8, 4) is 5.75 Å². The number of pyridine rings is 1. The second kappa shape index (κ2) is 11.6. The van der Waals surface area contributed by atoms with Crippen LogP contribution < -0.4 is 10.2 Å². The third-order valence-corrected chi connectivity index (χ3v) is 8.08. The summed E-state index contributed by atoms with van der Waals surface area (Å²) in [6.45, 7) is 4.37. The average Bonchev–Trinajstić information content (AvgIpc) is 2.88. The maximum atomic E-state index is 13.8. The molecule has 3 rings (SSSR count). The summed E-state index contributed by atoms with van der Waals surface area (Å²) in [6, 6.07) is 8.08. The summed E-state index contributed by atoms with van der Waals surface area (Å²) in [6.07, 6.45) is 3.93. The van der Waals surface area contributed by atoms with Crippen LogP contribution in [0.4, 0.5) is 0 Å². The molecule has 190 valence electrons. The molecule has 0 radical (unpaired) electrons. The lowest BCUT2D eigenvalue weighted by molar-refractivity contribution is -0.138. The van der Waals surface area contributed by atoms with Gasteiger partial charge in [-0.05, 0) is 60.7 Å². The molecule has 1 fully saturated rings. The highest BCUT2D eigenvalue weighted by Crippen LogP contribution is 2.31. The van der Waals surface area contributed by atoms with E-state index >= 15 is 0 Å². The summed E-state index contributed by atoms with van der Waals surface area (Å²) in [5.41, 5.74) is 2.30. The fourth-order valence-electron chi connectivity index (χ4n) is 4.33. The molecule has 1 saturated heterocycles. The molecule has 0 aliphatic carbocycles. The Morgan fingerprint density at radius 2 is 1.74 bits per heavy atom. The van der Waals surface area contributed by atoms with Crippen molar-refractivity contribution in [3.63, 3.8) is 0 Å². The number of likely N-dealkylation sites (tertiary alicyclic amines) is 1. The summed E-state index contributed by atoms with van der Waals surface area (Å²) < 4.78 is 34.0. The minimum absolute atomic E-state index is 0.00415. The number of benzene rings is 1. The minimum atomic E-state index is -4.17. The maximum Gasteiger partial charge on any atom is 0.262 e. The standard InChI is InChI=1S/C24H32N4O6S/c1-17(2)24(30)27-14-10-19(11-15-27)22(23(29)26-31)28(16-18-8-12-25-13-9-18)35(32,33)21-6-4-20(34-3)5-7-21/h4-9,12-13,17,19,22,31H,10-11,14-16H2,1-3H3,(H,26,29)/t22-/m1/s1. The van der Waals surface area contributed by atoms with Gasteiger partial charge in [-0.15, -0.1) is 0 Å². The van der Waals surface area contributed by atoms with Gasteiger partial charge >= 0.3 is 0 Å². The molecule has 2 N–H and O–H groups in total. The van der Waals surface area contributed by atoms with Crippen molar-refractivity contribution >= 4 is 21.8 Å². The molecule has 0 bridgehead atoms. The van der Waals surface area contributed by atoms with Crippen LogP contribution in [0, 0.1) is 11.8 Å². The molecule has 2 amide bonds. The number of amides is 2. The maximum absolute atomic E-state index is 13.8. The van der Waals surface area contributed by atoms with Crippen LogP contribution in [-0.2, 0) is 26.2 Å². The minimum Gasteiger partial charge on any atom is -0.497 e. The van der Waals surface area contributed by atoms with E-state index in [1.807, 2.05) is 13.8 Å². The molecule has 1 aliphatic heterocycles. The van der Waals surface area contributed by atoms with Gasteiger partial charge in [0.05, 0.1) is 12.0 Å². The number of methoxy groups -OCH3 is 1. The van der Waals surface area contributed by atoms with Crippen LogP contribution in [-0.4, -0.2) is 65.9 Å². The first-order valence-electron chi connectivity index (χ1n) is 11.5. The molecule has 1 aliphatic rings. The summed E-state index contributed by atoms with van der Waals surface area (Å²) in [7, 11) is -2.68. The quantitative estimate of drug-likeness (QED) is 0.395. The van der Waals surface area contributed by atoms with E-state index in [1.54, 1.807) is 34.9 Å². The summed E-state index contributed by atoms with van der Waals surface area (Å²) in [5, 5.41) is 9.56.